The Morgan fingerprint density at radius 1 is 1.40 bits per heavy atom. The van der Waals surface area contributed by atoms with Gasteiger partial charge in [0.25, 0.3) is 0 Å². The zero-order chi connectivity index (χ0) is 7.44. The van der Waals surface area contributed by atoms with Crippen molar-refractivity contribution in [2.24, 2.45) is 5.73 Å². The first kappa shape index (κ1) is 12.2. The van der Waals surface area contributed by atoms with Crippen LogP contribution in [0.15, 0.2) is 0 Å². The van der Waals surface area contributed by atoms with Crippen LogP contribution in [0.25, 0.3) is 0 Å². The molecule has 5 nitrogen and oxygen atoms in total. The van der Waals surface area contributed by atoms with E-state index in [1.54, 1.807) is 0 Å². The van der Waals surface area contributed by atoms with Gasteiger partial charge in [0.1, 0.15) is 6.04 Å². The predicted octanol–water partition coefficient (Wildman–Crippen LogP) is -2.31. The van der Waals surface area contributed by atoms with Gasteiger partial charge in [-0.15, -0.1) is 0 Å². The van der Waals surface area contributed by atoms with E-state index in [0.717, 1.165) is 0 Å². The molecule has 0 fully saturated rings. The summed E-state index contributed by atoms with van der Waals surface area (Å²) >= 11 is 0. The van der Waals surface area contributed by atoms with Crippen LogP contribution in [0.2, 0.25) is 0 Å². The van der Waals surface area contributed by atoms with Crippen LogP contribution in [0, 0.1) is 0 Å². The van der Waals surface area contributed by atoms with Gasteiger partial charge in [-0.3, -0.25) is 9.59 Å². The molecule has 0 aromatic carbocycles. The Morgan fingerprint density at radius 3 is 1.90 bits per heavy atom. The Bertz CT molecular complexity index is 137. The molecule has 0 radical (unpaired) electrons. The normalized spacial score (nSPS) is 11.3. The van der Waals surface area contributed by atoms with Crippen LogP contribution in [0.1, 0.15) is 6.42 Å². The molecule has 60 valence electrons. The van der Waals surface area contributed by atoms with E-state index in [2.05, 4.69) is 0 Å². The van der Waals surface area contributed by atoms with Gasteiger partial charge in [0, 0.05) is 0 Å². The van der Waals surface area contributed by atoms with Gasteiger partial charge >= 0.3 is 29.9 Å². The van der Waals surface area contributed by atoms with Gasteiger partial charge in [0.2, 0.25) is 0 Å². The van der Waals surface area contributed by atoms with E-state index in [9.17, 15) is 9.59 Å². The summed E-state index contributed by atoms with van der Waals surface area (Å²) in [7, 11) is 0. The van der Waals surface area contributed by atoms with E-state index in [-0.39, 0.29) is 18.0 Å². The summed E-state index contributed by atoms with van der Waals surface area (Å²) < 4.78 is 0. The van der Waals surface area contributed by atoms with E-state index >= 15 is 0 Å². The minimum atomic E-state index is -1.29. The van der Waals surface area contributed by atoms with Gasteiger partial charge < -0.3 is 15.9 Å². The monoisotopic (exact) mass is 211 g/mol. The molecule has 0 aliphatic rings. The zero-order valence-electron chi connectivity index (χ0n) is 5.28. The predicted molar refractivity (Wildman–Crippen MR) is 37.8 cm³/mol. The number of rotatable bonds is 3. The number of carbonyl (C=O) groups is 2. The summed E-state index contributed by atoms with van der Waals surface area (Å²) in [5, 5.41) is 16.0. The summed E-state index contributed by atoms with van der Waals surface area (Å²) in [5.74, 6) is -2.50. The molecule has 0 aromatic heterocycles. The summed E-state index contributed by atoms with van der Waals surface area (Å²) in [6, 6.07) is -1.29. The van der Waals surface area contributed by atoms with E-state index < -0.39 is 24.4 Å². The van der Waals surface area contributed by atoms with Crippen molar-refractivity contribution in [3.63, 3.8) is 0 Å². The summed E-state index contributed by atoms with van der Waals surface area (Å²) in [5.41, 5.74) is 4.84. The van der Waals surface area contributed by atoms with Crippen LogP contribution < -0.4 is 5.73 Å². The average molecular weight is 211 g/mol. The molecule has 0 aliphatic heterocycles. The third-order valence-electron chi connectivity index (χ3n) is 0.712. The standard InChI is InChI=1S/C4H7NO4.AsH3/c5-2(4(8)9)1-3(6)7;/h2H,1,5H2,(H,6,7)(H,8,9);1H3/t2-;/m0./s1. The van der Waals surface area contributed by atoms with Crippen LogP contribution >= 0.6 is 0 Å². The second-order valence-corrected chi connectivity index (χ2v) is 1.54. The molecular formula is C4H10AsNO4. The molecule has 6 heteroatoms. The molecule has 0 aliphatic carbocycles. The molecule has 0 heterocycles. The Morgan fingerprint density at radius 2 is 1.80 bits per heavy atom. The van der Waals surface area contributed by atoms with E-state index in [1.807, 2.05) is 0 Å². The maximum atomic E-state index is 9.85. The first-order valence-corrected chi connectivity index (χ1v) is 2.24. The zero-order valence-corrected chi connectivity index (χ0v) is 8.25. The van der Waals surface area contributed by atoms with Crippen molar-refractivity contribution in [2.75, 3.05) is 0 Å². The van der Waals surface area contributed by atoms with Crippen molar-refractivity contribution in [3.8, 4) is 0 Å². The molecule has 10 heavy (non-hydrogen) atoms. The van der Waals surface area contributed by atoms with Crippen LogP contribution in [-0.4, -0.2) is 46.1 Å². The van der Waals surface area contributed by atoms with Crippen LogP contribution in [0.4, 0.5) is 0 Å². The average Bonchev–Trinajstić information content (AvgIpc) is 1.63. The van der Waals surface area contributed by atoms with Crippen LogP contribution in [0.3, 0.4) is 0 Å². The Kier molecular flexibility index (Phi) is 6.40. The van der Waals surface area contributed by atoms with Crippen molar-refractivity contribution in [3.05, 3.63) is 0 Å². The quantitative estimate of drug-likeness (QED) is 0.455. The second kappa shape index (κ2) is 5.26. The molecule has 1 unspecified atom stereocenters. The molecule has 0 saturated heterocycles. The SMILES string of the molecule is N[C@@H](CC(=O)O)C(=O)O.[AsH3]. The van der Waals surface area contributed by atoms with Crippen molar-refractivity contribution in [2.45, 2.75) is 12.5 Å². The fraction of sp³-hybridized carbons (Fsp3) is 0.500. The second-order valence-electron chi connectivity index (χ2n) is 1.54. The molecule has 0 rings (SSSR count). The number of aliphatic carboxylic acids is 2. The van der Waals surface area contributed by atoms with Crippen molar-refractivity contribution in [1.82, 2.24) is 0 Å². The topological polar surface area (TPSA) is 101 Å². The summed E-state index contributed by atoms with van der Waals surface area (Å²) in [6.07, 6.45) is -0.532. The minimum absolute atomic E-state index is 0. The molecule has 0 bridgehead atoms. The Balaban J connectivity index is 0. The van der Waals surface area contributed by atoms with Gasteiger partial charge in [0.15, 0.2) is 0 Å². The van der Waals surface area contributed by atoms with Crippen molar-refractivity contribution in [1.29, 1.82) is 0 Å². The van der Waals surface area contributed by atoms with Gasteiger partial charge in [0.05, 0.1) is 6.42 Å². The first-order valence-electron chi connectivity index (χ1n) is 2.24. The third-order valence-corrected chi connectivity index (χ3v) is 0.712. The van der Waals surface area contributed by atoms with Gasteiger partial charge in [-0.2, -0.15) is 0 Å². The number of hydrogen-bond acceptors (Lipinski definition) is 3. The van der Waals surface area contributed by atoms with E-state index in [0.29, 0.717) is 0 Å². The van der Waals surface area contributed by atoms with E-state index in [1.165, 1.54) is 0 Å². The number of hydrogen-bond donors (Lipinski definition) is 3. The number of carboxylic acids is 2. The van der Waals surface area contributed by atoms with E-state index in [4.69, 9.17) is 15.9 Å². The van der Waals surface area contributed by atoms with Gasteiger partial charge in [-0.25, -0.2) is 0 Å². The van der Waals surface area contributed by atoms with Crippen molar-refractivity contribution >= 4 is 29.9 Å². The molecule has 2 atom stereocenters. The summed E-state index contributed by atoms with van der Waals surface area (Å²) in [4.78, 5) is 19.6. The summed E-state index contributed by atoms with van der Waals surface area (Å²) in [6.45, 7) is 0. The maximum absolute atomic E-state index is 9.85. The molecule has 0 spiro atoms. The molecule has 4 N–H and O–H groups in total. The Labute approximate surface area is 68.5 Å². The molecule has 0 amide bonds. The van der Waals surface area contributed by atoms with Crippen molar-refractivity contribution < 1.29 is 19.8 Å². The van der Waals surface area contributed by atoms with Gasteiger partial charge in [-0.1, -0.05) is 0 Å². The fourth-order valence-corrected chi connectivity index (χ4v) is 0.275. The Hall–Kier alpha value is -0.542. The molecular weight excluding hydrogens is 201 g/mol. The molecule has 0 saturated carbocycles. The number of nitrogens with two attached hydrogens (primary N) is 1. The van der Waals surface area contributed by atoms with Crippen LogP contribution in [0.5, 0.6) is 0 Å². The third kappa shape index (κ3) is 5.59. The first-order chi connectivity index (χ1) is 4.04. The number of carboxylic acid groups (broad SMARTS) is 2. The fourth-order valence-electron chi connectivity index (χ4n) is 0.275. The molecule has 0 aromatic rings. The van der Waals surface area contributed by atoms with Crippen LogP contribution in [-0.2, 0) is 9.59 Å². The van der Waals surface area contributed by atoms with Gasteiger partial charge in [-0.05, 0) is 0 Å².